The molecule has 0 bridgehead atoms. The number of methoxy groups -OCH3 is 2. The van der Waals surface area contributed by atoms with Crippen molar-refractivity contribution in [1.29, 1.82) is 0 Å². The van der Waals surface area contributed by atoms with Crippen molar-refractivity contribution >= 4 is 50.7 Å². The van der Waals surface area contributed by atoms with Crippen LogP contribution in [0.25, 0.3) is 0 Å². The largest absolute Gasteiger partial charge is 0.497 e. The number of likely N-dealkylation sites (N-methyl/N-ethyl adjacent to an activating group) is 1. The molecule has 0 aliphatic carbocycles. The Balaban J connectivity index is 2.08. The van der Waals surface area contributed by atoms with Gasteiger partial charge in [0.1, 0.15) is 24.1 Å². The minimum absolute atomic E-state index is 0.0175. The molecule has 0 aliphatic heterocycles. The molecule has 1 atom stereocenters. The molecular formula is C28H31Cl2N3O6S. The minimum Gasteiger partial charge on any atom is -0.497 e. The summed E-state index contributed by atoms with van der Waals surface area (Å²) < 4.78 is 39.5. The van der Waals surface area contributed by atoms with Crippen LogP contribution in [0.5, 0.6) is 11.5 Å². The molecule has 0 aliphatic rings. The highest BCUT2D eigenvalue weighted by Gasteiger charge is 2.33. The van der Waals surface area contributed by atoms with Crippen LogP contribution in [0.1, 0.15) is 19.4 Å². The predicted octanol–water partition coefficient (Wildman–Crippen LogP) is 4.76. The van der Waals surface area contributed by atoms with E-state index in [1.54, 1.807) is 56.3 Å². The van der Waals surface area contributed by atoms with Crippen molar-refractivity contribution in [3.05, 3.63) is 82.3 Å². The standard InChI is InChI=1S/C28H31Cl2N3O6S/c1-5-31-28(35)19(2)32(17-20-10-15-23(29)24(30)16-20)27(34)18-33(25-8-6-7-9-26(25)39-4)40(36,37)22-13-11-21(38-3)12-14-22/h6-16,19H,5,17-18H2,1-4H3,(H,31,35)/t19-/m1/s1. The summed E-state index contributed by atoms with van der Waals surface area (Å²) in [5.74, 6) is -0.284. The molecule has 0 aromatic heterocycles. The van der Waals surface area contributed by atoms with Crippen LogP contribution in [0.3, 0.4) is 0 Å². The number of benzene rings is 3. The quantitative estimate of drug-likeness (QED) is 0.318. The van der Waals surface area contributed by atoms with Gasteiger partial charge in [-0.1, -0.05) is 41.4 Å². The zero-order valence-corrected chi connectivity index (χ0v) is 24.9. The molecule has 2 amide bonds. The Morgan fingerprint density at radius 1 is 0.950 bits per heavy atom. The van der Waals surface area contributed by atoms with Crippen LogP contribution >= 0.6 is 23.2 Å². The maximum Gasteiger partial charge on any atom is 0.264 e. The molecule has 0 heterocycles. The van der Waals surface area contributed by atoms with Crippen molar-refractivity contribution in [2.75, 3.05) is 31.6 Å². The van der Waals surface area contributed by atoms with E-state index in [9.17, 15) is 18.0 Å². The molecule has 0 radical (unpaired) electrons. The fraction of sp³-hybridized carbons (Fsp3) is 0.286. The number of sulfonamides is 1. The average molecular weight is 609 g/mol. The SMILES string of the molecule is CCNC(=O)[C@@H](C)N(Cc1ccc(Cl)c(Cl)c1)C(=O)CN(c1ccccc1OC)S(=O)(=O)c1ccc(OC)cc1. The monoisotopic (exact) mass is 607 g/mol. The third-order valence-corrected chi connectivity index (χ3v) is 8.65. The first-order chi connectivity index (χ1) is 19.0. The molecule has 0 unspecified atom stereocenters. The van der Waals surface area contributed by atoms with Gasteiger partial charge in [-0.05, 0) is 67.9 Å². The Hall–Kier alpha value is -3.47. The molecule has 0 saturated carbocycles. The van der Waals surface area contributed by atoms with E-state index in [2.05, 4.69) is 5.32 Å². The van der Waals surface area contributed by atoms with Gasteiger partial charge in [0.15, 0.2) is 0 Å². The van der Waals surface area contributed by atoms with Crippen molar-refractivity contribution in [1.82, 2.24) is 10.2 Å². The van der Waals surface area contributed by atoms with E-state index in [-0.39, 0.29) is 27.9 Å². The zero-order chi connectivity index (χ0) is 29.4. The molecule has 40 heavy (non-hydrogen) atoms. The third kappa shape index (κ3) is 7.18. The number of para-hydroxylation sites is 2. The van der Waals surface area contributed by atoms with Crippen LogP contribution in [-0.4, -0.2) is 58.5 Å². The Morgan fingerprint density at radius 2 is 1.62 bits per heavy atom. The maximum absolute atomic E-state index is 14.0. The summed E-state index contributed by atoms with van der Waals surface area (Å²) in [4.78, 5) is 28.0. The van der Waals surface area contributed by atoms with E-state index in [1.807, 2.05) is 0 Å². The van der Waals surface area contributed by atoms with Gasteiger partial charge >= 0.3 is 0 Å². The first-order valence-corrected chi connectivity index (χ1v) is 14.5. The third-order valence-electron chi connectivity index (χ3n) is 6.14. The lowest BCUT2D eigenvalue weighted by molar-refractivity contribution is -0.139. The van der Waals surface area contributed by atoms with Gasteiger partial charge in [0.05, 0.1) is 34.8 Å². The number of amides is 2. The fourth-order valence-electron chi connectivity index (χ4n) is 3.96. The smallest absolute Gasteiger partial charge is 0.264 e. The van der Waals surface area contributed by atoms with Gasteiger partial charge in [0, 0.05) is 13.1 Å². The number of nitrogens with one attached hydrogen (secondary N) is 1. The molecule has 9 nitrogen and oxygen atoms in total. The van der Waals surface area contributed by atoms with Crippen LogP contribution in [0, 0.1) is 0 Å². The average Bonchev–Trinajstić information content (AvgIpc) is 2.96. The van der Waals surface area contributed by atoms with E-state index in [4.69, 9.17) is 32.7 Å². The van der Waals surface area contributed by atoms with E-state index in [0.717, 1.165) is 4.31 Å². The zero-order valence-electron chi connectivity index (χ0n) is 22.6. The molecular weight excluding hydrogens is 577 g/mol. The summed E-state index contributed by atoms with van der Waals surface area (Å²) in [5.41, 5.74) is 0.773. The highest BCUT2D eigenvalue weighted by Crippen LogP contribution is 2.33. The number of anilines is 1. The van der Waals surface area contributed by atoms with Gasteiger partial charge in [-0.3, -0.25) is 13.9 Å². The van der Waals surface area contributed by atoms with Crippen molar-refractivity contribution in [3.8, 4) is 11.5 Å². The molecule has 214 valence electrons. The number of carbonyl (C=O) groups excluding carboxylic acids is 2. The number of nitrogens with zero attached hydrogens (tertiary/aromatic N) is 2. The lowest BCUT2D eigenvalue weighted by atomic mass is 10.1. The minimum atomic E-state index is -4.27. The van der Waals surface area contributed by atoms with Crippen molar-refractivity contribution in [3.63, 3.8) is 0 Å². The highest BCUT2D eigenvalue weighted by molar-refractivity contribution is 7.92. The number of ether oxygens (including phenoxy) is 2. The van der Waals surface area contributed by atoms with Crippen molar-refractivity contribution < 1.29 is 27.5 Å². The molecule has 0 fully saturated rings. The maximum atomic E-state index is 14.0. The van der Waals surface area contributed by atoms with E-state index >= 15 is 0 Å². The van der Waals surface area contributed by atoms with Crippen molar-refractivity contribution in [2.45, 2.75) is 31.3 Å². The summed E-state index contributed by atoms with van der Waals surface area (Å²) in [6.45, 7) is 3.07. The topological polar surface area (TPSA) is 105 Å². The summed E-state index contributed by atoms with van der Waals surface area (Å²) in [7, 11) is -1.39. The second-order valence-electron chi connectivity index (χ2n) is 8.70. The fourth-order valence-corrected chi connectivity index (χ4v) is 5.71. The second-order valence-corrected chi connectivity index (χ2v) is 11.4. The molecule has 3 rings (SSSR count). The van der Waals surface area contributed by atoms with Gasteiger partial charge in [-0.15, -0.1) is 0 Å². The predicted molar refractivity (Wildman–Crippen MR) is 156 cm³/mol. The summed E-state index contributed by atoms with van der Waals surface area (Å²) in [6.07, 6.45) is 0. The number of hydrogen-bond donors (Lipinski definition) is 1. The molecule has 0 spiro atoms. The summed E-state index contributed by atoms with van der Waals surface area (Å²) in [6, 6.07) is 16.2. The first-order valence-electron chi connectivity index (χ1n) is 12.3. The molecule has 1 N–H and O–H groups in total. The van der Waals surface area contributed by atoms with Gasteiger partial charge in [0.25, 0.3) is 10.0 Å². The number of rotatable bonds is 12. The lowest BCUT2D eigenvalue weighted by Gasteiger charge is -2.32. The molecule has 3 aromatic rings. The highest BCUT2D eigenvalue weighted by atomic mass is 35.5. The van der Waals surface area contributed by atoms with Crippen LogP contribution < -0.4 is 19.1 Å². The Kier molecular flexibility index (Phi) is 10.7. The first kappa shape index (κ1) is 31.1. The van der Waals surface area contributed by atoms with Crippen LogP contribution in [0.15, 0.2) is 71.6 Å². The van der Waals surface area contributed by atoms with Gasteiger partial charge in [-0.25, -0.2) is 8.42 Å². The summed E-state index contributed by atoms with van der Waals surface area (Å²) in [5, 5.41) is 3.34. The van der Waals surface area contributed by atoms with E-state index < -0.39 is 34.4 Å². The Bertz CT molecular complexity index is 1450. The van der Waals surface area contributed by atoms with Crippen LogP contribution in [0.2, 0.25) is 10.0 Å². The summed E-state index contributed by atoms with van der Waals surface area (Å²) >= 11 is 12.2. The molecule has 3 aromatic carbocycles. The van der Waals surface area contributed by atoms with Crippen molar-refractivity contribution in [2.24, 2.45) is 0 Å². The number of carbonyl (C=O) groups is 2. The van der Waals surface area contributed by atoms with Crippen LogP contribution in [0.4, 0.5) is 5.69 Å². The second kappa shape index (κ2) is 13.7. The van der Waals surface area contributed by atoms with E-state index in [1.165, 1.54) is 43.4 Å². The van der Waals surface area contributed by atoms with Gasteiger partial charge < -0.3 is 19.7 Å². The Morgan fingerprint density at radius 3 is 2.23 bits per heavy atom. The molecule has 12 heteroatoms. The van der Waals surface area contributed by atoms with Gasteiger partial charge in [0.2, 0.25) is 11.8 Å². The molecule has 0 saturated heterocycles. The normalized spacial score (nSPS) is 11.8. The number of hydrogen-bond acceptors (Lipinski definition) is 6. The van der Waals surface area contributed by atoms with E-state index in [0.29, 0.717) is 22.9 Å². The Labute approximate surface area is 244 Å². The van der Waals surface area contributed by atoms with Crippen LogP contribution in [-0.2, 0) is 26.2 Å². The van der Waals surface area contributed by atoms with Gasteiger partial charge in [-0.2, -0.15) is 0 Å². The number of halogens is 2. The lowest BCUT2D eigenvalue weighted by Crippen LogP contribution is -2.51.